The smallest absolute Gasteiger partial charge is 0.137 e. The molecular weight excluding hydrogens is 202 g/mol. The van der Waals surface area contributed by atoms with Gasteiger partial charge >= 0.3 is 0 Å². The molecule has 88 valence electrons. The minimum absolute atomic E-state index is 0.792. The summed E-state index contributed by atoms with van der Waals surface area (Å²) < 4.78 is 5.05. The summed E-state index contributed by atoms with van der Waals surface area (Å²) in [4.78, 5) is 6.65. The van der Waals surface area contributed by atoms with Crippen molar-refractivity contribution in [2.75, 3.05) is 32.6 Å². The average molecular weight is 221 g/mol. The van der Waals surface area contributed by atoms with E-state index >= 15 is 0 Å². The summed E-state index contributed by atoms with van der Waals surface area (Å²) in [5, 5.41) is 3.30. The topological polar surface area (TPSA) is 37.4 Å². The number of nitrogens with zero attached hydrogens (tertiary/aromatic N) is 2. The lowest BCUT2D eigenvalue weighted by Crippen LogP contribution is -2.27. The predicted molar refractivity (Wildman–Crippen MR) is 64.9 cm³/mol. The third-order valence-corrected chi connectivity index (χ3v) is 2.91. The molecule has 16 heavy (non-hydrogen) atoms. The van der Waals surface area contributed by atoms with E-state index in [9.17, 15) is 0 Å². The highest BCUT2D eigenvalue weighted by Gasteiger charge is 2.25. The first-order chi connectivity index (χ1) is 7.79. The first-order valence-electron chi connectivity index (χ1n) is 5.74. The fraction of sp³-hybridized carbons (Fsp3) is 0.583. The van der Waals surface area contributed by atoms with Crippen molar-refractivity contribution in [1.82, 2.24) is 9.88 Å². The summed E-state index contributed by atoms with van der Waals surface area (Å²) >= 11 is 0. The third-order valence-electron chi connectivity index (χ3n) is 2.91. The Balaban J connectivity index is 1.71. The van der Waals surface area contributed by atoms with Gasteiger partial charge in [-0.3, -0.25) is 0 Å². The highest BCUT2D eigenvalue weighted by Crippen LogP contribution is 2.24. The van der Waals surface area contributed by atoms with E-state index in [1.54, 1.807) is 13.3 Å². The molecule has 0 aromatic carbocycles. The molecular formula is C12H19N3O. The fourth-order valence-corrected chi connectivity index (χ4v) is 1.66. The van der Waals surface area contributed by atoms with E-state index in [1.165, 1.54) is 12.8 Å². The zero-order chi connectivity index (χ0) is 11.4. The number of hydrogen-bond donors (Lipinski definition) is 1. The lowest BCUT2D eigenvalue weighted by Gasteiger charge is -2.15. The maximum atomic E-state index is 5.05. The van der Waals surface area contributed by atoms with Gasteiger partial charge in [-0.25, -0.2) is 4.98 Å². The maximum Gasteiger partial charge on any atom is 0.137 e. The third kappa shape index (κ3) is 3.10. The molecule has 1 aliphatic carbocycles. The molecule has 0 saturated heterocycles. The molecule has 0 amide bonds. The van der Waals surface area contributed by atoms with Gasteiger partial charge in [-0.1, -0.05) is 0 Å². The Hall–Kier alpha value is -1.29. The molecule has 1 aliphatic rings. The highest BCUT2D eigenvalue weighted by molar-refractivity contribution is 5.37. The van der Waals surface area contributed by atoms with Crippen LogP contribution >= 0.6 is 0 Å². The van der Waals surface area contributed by atoms with E-state index in [-0.39, 0.29) is 0 Å². The van der Waals surface area contributed by atoms with Crippen LogP contribution in [0.2, 0.25) is 0 Å². The number of pyridine rings is 1. The van der Waals surface area contributed by atoms with E-state index < -0.39 is 0 Å². The van der Waals surface area contributed by atoms with Crippen LogP contribution in [0.4, 0.5) is 5.82 Å². The van der Waals surface area contributed by atoms with Crippen LogP contribution < -0.4 is 10.1 Å². The van der Waals surface area contributed by atoms with Crippen LogP contribution in [-0.4, -0.2) is 43.2 Å². The van der Waals surface area contributed by atoms with Gasteiger partial charge in [-0.2, -0.15) is 0 Å². The molecule has 1 heterocycles. The minimum atomic E-state index is 0.792. The molecule has 0 aliphatic heterocycles. The van der Waals surface area contributed by atoms with Gasteiger partial charge in [-0.15, -0.1) is 0 Å². The van der Waals surface area contributed by atoms with Crippen LogP contribution in [0.1, 0.15) is 12.8 Å². The van der Waals surface area contributed by atoms with Crippen LogP contribution in [-0.2, 0) is 0 Å². The molecule has 1 aromatic rings. The quantitative estimate of drug-likeness (QED) is 0.791. The van der Waals surface area contributed by atoms with Crippen LogP contribution in [0.3, 0.4) is 0 Å². The Bertz CT molecular complexity index is 322. The first-order valence-corrected chi connectivity index (χ1v) is 5.74. The predicted octanol–water partition coefficient (Wildman–Crippen LogP) is 1.60. The van der Waals surface area contributed by atoms with Crippen LogP contribution in [0.25, 0.3) is 0 Å². The molecule has 4 heteroatoms. The van der Waals surface area contributed by atoms with Crippen molar-refractivity contribution in [3.63, 3.8) is 0 Å². The lowest BCUT2D eigenvalue weighted by molar-refractivity contribution is 0.337. The SMILES string of the molecule is COc1ccc(NCCN(C)C2CC2)nc1. The summed E-state index contributed by atoms with van der Waals surface area (Å²) in [6, 6.07) is 4.68. The number of aromatic nitrogens is 1. The van der Waals surface area contributed by atoms with Gasteiger partial charge in [0.05, 0.1) is 13.3 Å². The standard InChI is InChI=1S/C12H19N3O/c1-15(10-3-4-10)8-7-13-12-6-5-11(16-2)9-14-12/h5-6,9-10H,3-4,7-8H2,1-2H3,(H,13,14). The number of likely N-dealkylation sites (N-methyl/N-ethyl adjacent to an activating group) is 1. The van der Waals surface area contributed by atoms with Crippen LogP contribution in [0, 0.1) is 0 Å². The Morgan fingerprint density at radius 1 is 1.50 bits per heavy atom. The van der Waals surface area contributed by atoms with Gasteiger partial charge in [0, 0.05) is 19.1 Å². The van der Waals surface area contributed by atoms with Crippen molar-refractivity contribution in [2.45, 2.75) is 18.9 Å². The van der Waals surface area contributed by atoms with Crippen molar-refractivity contribution in [3.05, 3.63) is 18.3 Å². The molecule has 0 radical (unpaired) electrons. The monoisotopic (exact) mass is 221 g/mol. The summed E-state index contributed by atoms with van der Waals surface area (Å²) in [6.45, 7) is 2.00. The van der Waals surface area contributed by atoms with E-state index in [0.717, 1.165) is 30.7 Å². The number of ether oxygens (including phenoxy) is 1. The van der Waals surface area contributed by atoms with Gasteiger partial charge < -0.3 is 15.0 Å². The Morgan fingerprint density at radius 2 is 2.31 bits per heavy atom. The largest absolute Gasteiger partial charge is 0.495 e. The molecule has 4 nitrogen and oxygen atoms in total. The number of rotatable bonds is 6. The minimum Gasteiger partial charge on any atom is -0.495 e. The van der Waals surface area contributed by atoms with Gasteiger partial charge in [-0.05, 0) is 32.0 Å². The van der Waals surface area contributed by atoms with Gasteiger partial charge in [0.25, 0.3) is 0 Å². The molecule has 0 unspecified atom stereocenters. The van der Waals surface area contributed by atoms with Crippen molar-refractivity contribution in [2.24, 2.45) is 0 Å². The highest BCUT2D eigenvalue weighted by atomic mass is 16.5. The molecule has 1 saturated carbocycles. The molecule has 0 bridgehead atoms. The molecule has 1 fully saturated rings. The Kier molecular flexibility index (Phi) is 3.62. The molecule has 1 N–H and O–H groups in total. The maximum absolute atomic E-state index is 5.05. The normalized spacial score (nSPS) is 15.2. The summed E-state index contributed by atoms with van der Waals surface area (Å²) in [7, 11) is 3.83. The van der Waals surface area contributed by atoms with Gasteiger partial charge in [0.15, 0.2) is 0 Å². The summed E-state index contributed by atoms with van der Waals surface area (Å²) in [6.07, 6.45) is 4.45. The van der Waals surface area contributed by atoms with Crippen molar-refractivity contribution in [1.29, 1.82) is 0 Å². The van der Waals surface area contributed by atoms with Crippen molar-refractivity contribution < 1.29 is 4.74 Å². The van der Waals surface area contributed by atoms with Gasteiger partial charge in [0.1, 0.15) is 11.6 Å². The van der Waals surface area contributed by atoms with E-state index in [2.05, 4.69) is 22.2 Å². The Labute approximate surface area is 96.6 Å². The number of hydrogen-bond acceptors (Lipinski definition) is 4. The summed E-state index contributed by atoms with van der Waals surface area (Å²) in [5.41, 5.74) is 0. The second-order valence-electron chi connectivity index (χ2n) is 4.22. The molecule has 2 rings (SSSR count). The van der Waals surface area contributed by atoms with Crippen molar-refractivity contribution in [3.8, 4) is 5.75 Å². The fourth-order valence-electron chi connectivity index (χ4n) is 1.66. The van der Waals surface area contributed by atoms with Crippen molar-refractivity contribution >= 4 is 5.82 Å². The second kappa shape index (κ2) is 5.16. The van der Waals surface area contributed by atoms with Crippen LogP contribution in [0.15, 0.2) is 18.3 Å². The van der Waals surface area contributed by atoms with Gasteiger partial charge in [0.2, 0.25) is 0 Å². The van der Waals surface area contributed by atoms with E-state index in [1.807, 2.05) is 12.1 Å². The number of nitrogens with one attached hydrogen (secondary N) is 1. The molecule has 1 aromatic heterocycles. The molecule has 0 spiro atoms. The molecule has 0 atom stereocenters. The summed E-state index contributed by atoms with van der Waals surface area (Å²) in [5.74, 6) is 1.70. The zero-order valence-corrected chi connectivity index (χ0v) is 9.94. The Morgan fingerprint density at radius 3 is 2.88 bits per heavy atom. The lowest BCUT2D eigenvalue weighted by atomic mass is 10.4. The number of methoxy groups -OCH3 is 1. The van der Waals surface area contributed by atoms with Crippen LogP contribution in [0.5, 0.6) is 5.75 Å². The van der Waals surface area contributed by atoms with E-state index in [0.29, 0.717) is 0 Å². The second-order valence-corrected chi connectivity index (χ2v) is 4.22. The number of anilines is 1. The first kappa shape index (κ1) is 11.2. The average Bonchev–Trinajstić information content (AvgIpc) is 3.14. The van der Waals surface area contributed by atoms with E-state index in [4.69, 9.17) is 4.74 Å². The zero-order valence-electron chi connectivity index (χ0n) is 9.94.